The quantitative estimate of drug-likeness (QED) is 0.274. The summed E-state index contributed by atoms with van der Waals surface area (Å²) in [6.45, 7) is 5.07. The fraction of sp³-hybridized carbons (Fsp3) is 0.281. The summed E-state index contributed by atoms with van der Waals surface area (Å²) >= 11 is 6.09. The molecule has 0 spiro atoms. The lowest BCUT2D eigenvalue weighted by Crippen LogP contribution is -2.43. The zero-order valence-corrected chi connectivity index (χ0v) is 23.5. The second-order valence-corrected chi connectivity index (χ2v) is 10.7. The SMILES string of the molecule is Cc1ccc(-n2cc(-c3ccc(Cl)cc3)nc2NC(=O)CN(CC2CCCO2)C(=O)Cc2ccccc2)cc1C. The molecule has 4 aromatic rings. The number of benzene rings is 3. The van der Waals surface area contributed by atoms with E-state index >= 15 is 0 Å². The number of hydrogen-bond donors (Lipinski definition) is 1. The van der Waals surface area contributed by atoms with Crippen molar-refractivity contribution in [2.75, 3.05) is 25.0 Å². The van der Waals surface area contributed by atoms with Gasteiger partial charge in [0, 0.05) is 35.6 Å². The molecule has 1 aliphatic heterocycles. The molecule has 1 saturated heterocycles. The molecular formula is C32H33ClN4O3. The summed E-state index contributed by atoms with van der Waals surface area (Å²) < 4.78 is 7.66. The Kier molecular flexibility index (Phi) is 8.63. The highest BCUT2D eigenvalue weighted by Gasteiger charge is 2.25. The molecule has 1 aliphatic rings. The van der Waals surface area contributed by atoms with Crippen LogP contribution >= 0.6 is 11.6 Å². The summed E-state index contributed by atoms with van der Waals surface area (Å²) in [5.41, 5.74) is 5.66. The Labute approximate surface area is 239 Å². The van der Waals surface area contributed by atoms with Crippen LogP contribution in [0.1, 0.15) is 29.5 Å². The Bertz CT molecular complexity index is 1480. The Hall–Kier alpha value is -3.94. The summed E-state index contributed by atoms with van der Waals surface area (Å²) in [7, 11) is 0. The maximum Gasteiger partial charge on any atom is 0.246 e. The van der Waals surface area contributed by atoms with Crippen molar-refractivity contribution in [2.24, 2.45) is 0 Å². The van der Waals surface area contributed by atoms with Crippen molar-refractivity contribution in [3.05, 3.63) is 101 Å². The number of anilines is 1. The van der Waals surface area contributed by atoms with Gasteiger partial charge >= 0.3 is 0 Å². The molecule has 3 aromatic carbocycles. The van der Waals surface area contributed by atoms with Crippen LogP contribution in [0.15, 0.2) is 79.0 Å². The van der Waals surface area contributed by atoms with Gasteiger partial charge < -0.3 is 9.64 Å². The molecule has 0 saturated carbocycles. The third-order valence-corrected chi connectivity index (χ3v) is 7.45. The Morgan fingerprint density at radius 1 is 1.05 bits per heavy atom. The fourth-order valence-electron chi connectivity index (χ4n) is 4.81. The highest BCUT2D eigenvalue weighted by Crippen LogP contribution is 2.26. The smallest absolute Gasteiger partial charge is 0.246 e. The number of carbonyl (C=O) groups is 2. The van der Waals surface area contributed by atoms with Crippen LogP contribution in [-0.2, 0) is 20.7 Å². The normalized spacial score (nSPS) is 14.7. The lowest BCUT2D eigenvalue weighted by Gasteiger charge is -2.25. The van der Waals surface area contributed by atoms with Crippen molar-refractivity contribution in [3.63, 3.8) is 0 Å². The first-order valence-corrected chi connectivity index (χ1v) is 13.9. The van der Waals surface area contributed by atoms with E-state index in [2.05, 4.69) is 25.2 Å². The van der Waals surface area contributed by atoms with Crippen LogP contribution in [0.4, 0.5) is 5.95 Å². The van der Waals surface area contributed by atoms with Crippen molar-refractivity contribution in [2.45, 2.75) is 39.2 Å². The molecule has 206 valence electrons. The predicted octanol–water partition coefficient (Wildman–Crippen LogP) is 6.00. The van der Waals surface area contributed by atoms with E-state index in [9.17, 15) is 9.59 Å². The monoisotopic (exact) mass is 556 g/mol. The number of nitrogens with one attached hydrogen (secondary N) is 1. The molecule has 0 radical (unpaired) electrons. The minimum atomic E-state index is -0.322. The number of carbonyl (C=O) groups excluding carboxylic acids is 2. The number of ether oxygens (including phenoxy) is 1. The summed E-state index contributed by atoms with van der Waals surface area (Å²) in [4.78, 5) is 33.1. The molecule has 1 aromatic heterocycles. The largest absolute Gasteiger partial charge is 0.376 e. The number of rotatable bonds is 9. The van der Waals surface area contributed by atoms with Gasteiger partial charge in [0.2, 0.25) is 17.8 Å². The maximum absolute atomic E-state index is 13.4. The van der Waals surface area contributed by atoms with Crippen LogP contribution in [0.3, 0.4) is 0 Å². The number of imidazole rings is 1. The summed E-state index contributed by atoms with van der Waals surface area (Å²) in [6.07, 6.45) is 3.88. The number of amides is 2. The third-order valence-electron chi connectivity index (χ3n) is 7.20. The van der Waals surface area contributed by atoms with E-state index in [1.54, 1.807) is 4.90 Å². The van der Waals surface area contributed by atoms with Gasteiger partial charge in [0.25, 0.3) is 0 Å². The Morgan fingerprint density at radius 3 is 2.52 bits per heavy atom. The van der Waals surface area contributed by atoms with Gasteiger partial charge in [-0.25, -0.2) is 4.98 Å². The van der Waals surface area contributed by atoms with E-state index in [1.807, 2.05) is 77.5 Å². The number of halogens is 1. The summed E-state index contributed by atoms with van der Waals surface area (Å²) in [5, 5.41) is 3.61. The van der Waals surface area contributed by atoms with Gasteiger partial charge in [-0.05, 0) is 67.6 Å². The second-order valence-electron chi connectivity index (χ2n) is 10.2. The molecule has 2 amide bonds. The van der Waals surface area contributed by atoms with Gasteiger partial charge in [0.05, 0.1) is 18.2 Å². The molecule has 0 bridgehead atoms. The van der Waals surface area contributed by atoms with Crippen LogP contribution in [0.5, 0.6) is 0 Å². The molecule has 1 atom stereocenters. The van der Waals surface area contributed by atoms with E-state index < -0.39 is 0 Å². The molecule has 0 aliphatic carbocycles. The topological polar surface area (TPSA) is 76.5 Å². The predicted molar refractivity (Wildman–Crippen MR) is 158 cm³/mol. The Balaban J connectivity index is 1.40. The molecule has 1 fully saturated rings. The van der Waals surface area contributed by atoms with E-state index in [0.29, 0.717) is 29.8 Å². The highest BCUT2D eigenvalue weighted by atomic mass is 35.5. The first-order chi connectivity index (χ1) is 19.4. The van der Waals surface area contributed by atoms with Crippen molar-refractivity contribution < 1.29 is 14.3 Å². The molecule has 1 N–H and O–H groups in total. The zero-order valence-electron chi connectivity index (χ0n) is 22.8. The zero-order chi connectivity index (χ0) is 28.1. The lowest BCUT2D eigenvalue weighted by molar-refractivity contribution is -0.135. The van der Waals surface area contributed by atoms with Gasteiger partial charge in [0.1, 0.15) is 6.54 Å². The van der Waals surface area contributed by atoms with Crippen LogP contribution in [0.25, 0.3) is 16.9 Å². The number of nitrogens with zero attached hydrogens (tertiary/aromatic N) is 3. The lowest BCUT2D eigenvalue weighted by atomic mass is 10.1. The standard InChI is InChI=1S/C32H33ClN4O3/c1-22-10-15-27(17-23(22)2)37-20-29(25-11-13-26(33)14-12-25)34-32(37)35-30(38)21-36(19-28-9-6-16-40-28)31(39)18-24-7-4-3-5-8-24/h3-5,7-8,10-15,17,20,28H,6,9,16,18-19,21H2,1-2H3,(H,34,35,38). The molecule has 7 nitrogen and oxygen atoms in total. The number of aryl methyl sites for hydroxylation is 2. The van der Waals surface area contributed by atoms with E-state index in [1.165, 1.54) is 5.56 Å². The minimum Gasteiger partial charge on any atom is -0.376 e. The van der Waals surface area contributed by atoms with E-state index in [4.69, 9.17) is 21.3 Å². The number of aromatic nitrogens is 2. The van der Waals surface area contributed by atoms with Crippen molar-refractivity contribution in [1.29, 1.82) is 0 Å². The molecule has 8 heteroatoms. The first-order valence-electron chi connectivity index (χ1n) is 13.5. The van der Waals surface area contributed by atoms with Crippen molar-refractivity contribution in [1.82, 2.24) is 14.5 Å². The van der Waals surface area contributed by atoms with Gasteiger partial charge in [-0.1, -0.05) is 60.1 Å². The van der Waals surface area contributed by atoms with Crippen LogP contribution < -0.4 is 5.32 Å². The fourth-order valence-corrected chi connectivity index (χ4v) is 4.93. The van der Waals surface area contributed by atoms with Gasteiger partial charge in [0.15, 0.2) is 0 Å². The third kappa shape index (κ3) is 6.79. The molecule has 5 rings (SSSR count). The summed E-state index contributed by atoms with van der Waals surface area (Å²) in [5.74, 6) is -0.0558. The van der Waals surface area contributed by atoms with E-state index in [-0.39, 0.29) is 30.9 Å². The minimum absolute atomic E-state index is 0.0680. The van der Waals surface area contributed by atoms with Crippen LogP contribution in [0.2, 0.25) is 5.02 Å². The van der Waals surface area contributed by atoms with Crippen molar-refractivity contribution in [3.8, 4) is 16.9 Å². The van der Waals surface area contributed by atoms with Gasteiger partial charge in [-0.15, -0.1) is 0 Å². The maximum atomic E-state index is 13.4. The van der Waals surface area contributed by atoms with Crippen molar-refractivity contribution >= 4 is 29.4 Å². The average molecular weight is 557 g/mol. The Morgan fingerprint density at radius 2 is 1.82 bits per heavy atom. The average Bonchev–Trinajstić information content (AvgIpc) is 3.61. The molecular weight excluding hydrogens is 524 g/mol. The molecule has 1 unspecified atom stereocenters. The molecule has 40 heavy (non-hydrogen) atoms. The highest BCUT2D eigenvalue weighted by molar-refractivity contribution is 6.30. The summed E-state index contributed by atoms with van der Waals surface area (Å²) in [6, 6.07) is 23.1. The first kappa shape index (κ1) is 27.6. The van der Waals surface area contributed by atoms with Crippen LogP contribution in [-0.4, -0.2) is 52.1 Å². The van der Waals surface area contributed by atoms with Gasteiger partial charge in [-0.3, -0.25) is 19.5 Å². The number of hydrogen-bond acceptors (Lipinski definition) is 4. The molecule has 2 heterocycles. The van der Waals surface area contributed by atoms with E-state index in [0.717, 1.165) is 35.2 Å². The van der Waals surface area contributed by atoms with Crippen LogP contribution in [0, 0.1) is 13.8 Å². The second kappa shape index (κ2) is 12.5. The van der Waals surface area contributed by atoms with Gasteiger partial charge in [-0.2, -0.15) is 0 Å².